The minimum absolute atomic E-state index is 0.175. The molecule has 0 spiro atoms. The average molecular weight is 257 g/mol. The molecule has 0 heterocycles. The highest BCUT2D eigenvalue weighted by atomic mass is 79.9. The normalized spacial score (nSPS) is 18.5. The Labute approximate surface area is 98.8 Å². The second-order valence-electron chi connectivity index (χ2n) is 4.40. The van der Waals surface area contributed by atoms with Gasteiger partial charge < -0.3 is 12.9 Å². The number of hydrogen-bond donors (Lipinski definition) is 0. The summed E-state index contributed by atoms with van der Waals surface area (Å²) in [7, 11) is 0. The van der Waals surface area contributed by atoms with Gasteiger partial charge in [-0.2, -0.15) is 0 Å². The molecule has 1 rings (SSSR count). The summed E-state index contributed by atoms with van der Waals surface area (Å²) in [4.78, 5) is 0. The molecule has 0 nitrogen and oxygen atoms in total. The maximum absolute atomic E-state index is 3.62. The standard InChI is InChI=1S/C11H21.BrH.Mg/c1-2-3-5-8-11-9-6-4-7-10-11;;/h11H,1-10H2;1H;/q;;+1/p-1. The molecule has 0 atom stereocenters. The first kappa shape index (κ1) is 12.3. The quantitative estimate of drug-likeness (QED) is 0.483. The molecule has 0 aromatic carbocycles. The Kier molecular flexibility index (Phi) is 8.10. The number of halogens is 1. The molecular weight excluding hydrogens is 236 g/mol. The Bertz CT molecular complexity index is 111. The Balaban J connectivity index is 1.86. The average Bonchev–Trinajstić information content (AvgIpc) is 2.19. The Morgan fingerprint density at radius 2 is 1.77 bits per heavy atom. The molecule has 1 aliphatic carbocycles. The Hall–Kier alpha value is 1.25. The molecule has 74 valence electrons. The van der Waals surface area contributed by atoms with Gasteiger partial charge in [-0.15, -0.1) is 4.55 Å². The van der Waals surface area contributed by atoms with Crippen LogP contribution in [0.25, 0.3) is 0 Å². The van der Waals surface area contributed by atoms with Crippen LogP contribution in [-0.4, -0.2) is 18.2 Å². The fourth-order valence-corrected chi connectivity index (χ4v) is 4.09. The number of hydrogen-bond acceptors (Lipinski definition) is 0. The van der Waals surface area contributed by atoms with Gasteiger partial charge in [0.2, 0.25) is 0 Å². The molecule has 1 saturated carbocycles. The van der Waals surface area contributed by atoms with E-state index in [0.29, 0.717) is 0 Å². The van der Waals surface area contributed by atoms with Gasteiger partial charge in [-0.3, -0.25) is 0 Å². The summed E-state index contributed by atoms with van der Waals surface area (Å²) in [5, 5.41) is 0. The van der Waals surface area contributed by atoms with Crippen LogP contribution in [0.4, 0.5) is 0 Å². The zero-order valence-corrected chi connectivity index (χ0v) is 11.7. The van der Waals surface area contributed by atoms with Crippen molar-refractivity contribution in [2.24, 2.45) is 5.92 Å². The lowest BCUT2D eigenvalue weighted by atomic mass is 9.86. The maximum atomic E-state index is 3.62. The minimum Gasteiger partial charge on any atom is -0.307 e. The lowest BCUT2D eigenvalue weighted by Gasteiger charge is -2.21. The lowest BCUT2D eigenvalue weighted by Crippen LogP contribution is -2.05. The third-order valence-electron chi connectivity index (χ3n) is 3.22. The van der Waals surface area contributed by atoms with Crippen molar-refractivity contribution in [1.29, 1.82) is 0 Å². The summed E-state index contributed by atoms with van der Waals surface area (Å²) < 4.78 is 1.50. The van der Waals surface area contributed by atoms with Gasteiger partial charge in [0.25, 0.3) is 0 Å². The first-order valence-corrected chi connectivity index (χ1v) is 10.9. The summed E-state index contributed by atoms with van der Waals surface area (Å²) in [5.41, 5.74) is 0. The fraction of sp³-hybridized carbons (Fsp3) is 1.00. The van der Waals surface area contributed by atoms with Crippen molar-refractivity contribution in [2.75, 3.05) is 0 Å². The van der Waals surface area contributed by atoms with Gasteiger partial charge in [-0.25, -0.2) is 0 Å². The molecule has 1 fully saturated rings. The van der Waals surface area contributed by atoms with Gasteiger partial charge in [0, 0.05) is 0 Å². The van der Waals surface area contributed by atoms with Crippen molar-refractivity contribution in [1.82, 2.24) is 0 Å². The molecule has 0 unspecified atom stereocenters. The lowest BCUT2D eigenvalue weighted by molar-refractivity contribution is 0.329. The smallest absolute Gasteiger partial charge is 0.307 e. The second kappa shape index (κ2) is 8.55. The van der Waals surface area contributed by atoms with Crippen LogP contribution in [0.5, 0.6) is 0 Å². The van der Waals surface area contributed by atoms with E-state index in [4.69, 9.17) is 0 Å². The van der Waals surface area contributed by atoms with Crippen molar-refractivity contribution in [2.45, 2.75) is 62.3 Å². The van der Waals surface area contributed by atoms with Crippen LogP contribution in [0.2, 0.25) is 4.55 Å². The zero-order valence-electron chi connectivity index (χ0n) is 8.73. The van der Waals surface area contributed by atoms with Crippen molar-refractivity contribution >= 4 is 31.1 Å². The summed E-state index contributed by atoms with van der Waals surface area (Å²) >= 11 is 3.79. The van der Waals surface area contributed by atoms with E-state index in [-0.39, 0.29) is 18.2 Å². The SMILES string of the molecule is [Br][Mg][CH2]CCCCC1CCCCC1. The number of unbranched alkanes of at least 4 members (excludes halogenated alkanes) is 2. The molecule has 0 N–H and O–H groups in total. The van der Waals surface area contributed by atoms with Gasteiger partial charge in [-0.1, -0.05) is 57.8 Å². The highest BCUT2D eigenvalue weighted by Gasteiger charge is 2.12. The van der Waals surface area contributed by atoms with E-state index in [9.17, 15) is 0 Å². The predicted molar refractivity (Wildman–Crippen MR) is 64.5 cm³/mol. The molecule has 0 aromatic heterocycles. The van der Waals surface area contributed by atoms with Crippen LogP contribution < -0.4 is 0 Å². The molecule has 0 amide bonds. The van der Waals surface area contributed by atoms with Crippen LogP contribution in [0.3, 0.4) is 0 Å². The Morgan fingerprint density at radius 3 is 2.46 bits per heavy atom. The molecule has 0 aromatic rings. The Morgan fingerprint density at radius 1 is 1.00 bits per heavy atom. The van der Waals surface area contributed by atoms with Crippen molar-refractivity contribution in [3.05, 3.63) is 0 Å². The molecule has 0 radical (unpaired) electrons. The highest BCUT2D eigenvalue weighted by molar-refractivity contribution is 9.23. The monoisotopic (exact) mass is 256 g/mol. The van der Waals surface area contributed by atoms with Crippen LogP contribution in [0, 0.1) is 5.92 Å². The van der Waals surface area contributed by atoms with Gasteiger partial charge in [0.1, 0.15) is 0 Å². The molecule has 0 saturated heterocycles. The molecular formula is C11H21BrMg. The summed E-state index contributed by atoms with van der Waals surface area (Å²) in [6.07, 6.45) is 13.6. The van der Waals surface area contributed by atoms with Crippen molar-refractivity contribution in [3.8, 4) is 0 Å². The first-order chi connectivity index (χ1) is 6.43. The minimum atomic E-state index is 0.175. The highest BCUT2D eigenvalue weighted by Crippen LogP contribution is 2.27. The van der Waals surface area contributed by atoms with Crippen LogP contribution in [0.1, 0.15) is 57.8 Å². The van der Waals surface area contributed by atoms with E-state index in [1.807, 2.05) is 0 Å². The van der Waals surface area contributed by atoms with Gasteiger partial charge in [0.15, 0.2) is 0 Å². The van der Waals surface area contributed by atoms with E-state index in [2.05, 4.69) is 12.9 Å². The topological polar surface area (TPSA) is 0 Å². The zero-order chi connectivity index (χ0) is 9.36. The van der Waals surface area contributed by atoms with Gasteiger partial charge in [0.05, 0.1) is 0 Å². The van der Waals surface area contributed by atoms with Crippen molar-refractivity contribution < 1.29 is 0 Å². The first-order valence-electron chi connectivity index (χ1n) is 5.99. The van der Waals surface area contributed by atoms with E-state index in [1.54, 1.807) is 0 Å². The molecule has 1 aliphatic rings. The predicted octanol–water partition coefficient (Wildman–Crippen LogP) is 4.56. The van der Waals surface area contributed by atoms with E-state index in [0.717, 1.165) is 5.92 Å². The molecule has 0 aliphatic heterocycles. The van der Waals surface area contributed by atoms with E-state index < -0.39 is 0 Å². The number of rotatable bonds is 6. The molecule has 13 heavy (non-hydrogen) atoms. The maximum Gasteiger partial charge on any atom is 0.468 e. The van der Waals surface area contributed by atoms with Crippen LogP contribution >= 0.6 is 12.9 Å². The van der Waals surface area contributed by atoms with E-state index in [1.165, 1.54) is 62.3 Å². The van der Waals surface area contributed by atoms with Crippen molar-refractivity contribution in [3.63, 3.8) is 0 Å². The molecule has 2 heteroatoms. The third-order valence-corrected chi connectivity index (χ3v) is 5.67. The van der Waals surface area contributed by atoms with Crippen LogP contribution in [-0.2, 0) is 0 Å². The fourth-order valence-electron chi connectivity index (χ4n) is 2.36. The second-order valence-corrected chi connectivity index (χ2v) is 7.86. The summed E-state index contributed by atoms with van der Waals surface area (Å²) in [5.74, 6) is 1.11. The summed E-state index contributed by atoms with van der Waals surface area (Å²) in [6.45, 7) is 0. The largest absolute Gasteiger partial charge is 0.468 e. The molecule has 0 bridgehead atoms. The van der Waals surface area contributed by atoms with Gasteiger partial charge in [-0.05, 0) is 5.92 Å². The summed E-state index contributed by atoms with van der Waals surface area (Å²) in [6, 6.07) is 0. The van der Waals surface area contributed by atoms with Gasteiger partial charge >= 0.3 is 18.2 Å². The van der Waals surface area contributed by atoms with E-state index >= 15 is 0 Å². The van der Waals surface area contributed by atoms with Crippen LogP contribution in [0.15, 0.2) is 0 Å². The third kappa shape index (κ3) is 6.35.